The summed E-state index contributed by atoms with van der Waals surface area (Å²) in [6, 6.07) is 21.4. The molecule has 0 amide bonds. The fourth-order valence-corrected chi connectivity index (χ4v) is 8.30. The lowest BCUT2D eigenvalue weighted by Crippen LogP contribution is -2.11. The maximum absolute atomic E-state index is 13.7. The molecule has 0 saturated heterocycles. The minimum absolute atomic E-state index is 0.0239. The number of allylic oxidation sites excluding steroid dienone is 2. The number of alkyl halides is 6. The molecule has 0 bridgehead atoms. The Balaban J connectivity index is 1.50. The van der Waals surface area contributed by atoms with Crippen molar-refractivity contribution in [3.05, 3.63) is 150 Å². The van der Waals surface area contributed by atoms with Crippen molar-refractivity contribution in [3.8, 4) is 56.6 Å². The molecule has 0 atom stereocenters. The van der Waals surface area contributed by atoms with Crippen LogP contribution in [-0.4, -0.2) is 0 Å². The molecule has 51 heavy (non-hydrogen) atoms. The molecule has 0 aliphatic heterocycles. The Hall–Kier alpha value is -6.40. The first-order valence-corrected chi connectivity index (χ1v) is 15.9. The number of fused-ring (bicyclic) bond motifs is 7. The third-order valence-electron chi connectivity index (χ3n) is 8.86. The summed E-state index contributed by atoms with van der Waals surface area (Å²) in [4.78, 5) is 8.01. The lowest BCUT2D eigenvalue weighted by molar-refractivity contribution is -0.143. The first-order chi connectivity index (χ1) is 24.2. The number of benzene rings is 4. The molecule has 11 heteroatoms. The number of hydrogen-bond acceptors (Lipinski definition) is 3. The van der Waals surface area contributed by atoms with Gasteiger partial charge in [0.15, 0.2) is 0 Å². The molecule has 1 heterocycles. The average Bonchev–Trinajstić information content (AvgIpc) is 3.70. The molecule has 2 aliphatic carbocycles. The summed E-state index contributed by atoms with van der Waals surface area (Å²) in [5.41, 5.74) is 4.18. The van der Waals surface area contributed by atoms with Gasteiger partial charge in [-0.3, -0.25) is 0 Å². The summed E-state index contributed by atoms with van der Waals surface area (Å²) < 4.78 is 82.4. The van der Waals surface area contributed by atoms with Gasteiger partial charge >= 0.3 is 12.4 Å². The lowest BCUT2D eigenvalue weighted by Gasteiger charge is -2.15. The highest BCUT2D eigenvalue weighted by Gasteiger charge is 2.40. The van der Waals surface area contributed by atoms with Crippen LogP contribution in [-0.2, 0) is 12.4 Å². The number of nitrogens with zero attached hydrogens (tertiary/aromatic N) is 4. The van der Waals surface area contributed by atoms with Crippen molar-refractivity contribution < 1.29 is 26.3 Å². The molecule has 4 aromatic carbocycles. The largest absolute Gasteiger partial charge is 0.416 e. The SMILES string of the molecule is [C-]#[N+]/C(C#N)=C1/c2cc(-c3cc(C(F)(F)F)cc(C(F)(F)F)c3)ccc2-c2c1sc1c2-c2ccc(-c3cc(C)cc(C)c3)cc2/C1=C(/C#N)[N+]#[C-]. The monoisotopic (exact) mass is 700 g/mol. The highest BCUT2D eigenvalue weighted by molar-refractivity contribution is 7.16. The van der Waals surface area contributed by atoms with Crippen LogP contribution < -0.4 is 0 Å². The van der Waals surface area contributed by atoms with E-state index in [1.165, 1.54) is 23.5 Å². The van der Waals surface area contributed by atoms with Gasteiger partial charge in [0, 0.05) is 32.0 Å². The second kappa shape index (κ2) is 11.6. The third-order valence-corrected chi connectivity index (χ3v) is 10.1. The van der Waals surface area contributed by atoms with Crippen molar-refractivity contribution in [3.63, 3.8) is 0 Å². The van der Waals surface area contributed by atoms with E-state index in [9.17, 15) is 36.9 Å². The van der Waals surface area contributed by atoms with Gasteiger partial charge < -0.3 is 0 Å². The molecule has 0 fully saturated rings. The van der Waals surface area contributed by atoms with E-state index in [0.717, 1.165) is 22.3 Å². The van der Waals surface area contributed by atoms with Gasteiger partial charge in [-0.2, -0.15) is 26.3 Å². The summed E-state index contributed by atoms with van der Waals surface area (Å²) >= 11 is 1.18. The van der Waals surface area contributed by atoms with Crippen molar-refractivity contribution in [2.45, 2.75) is 26.2 Å². The van der Waals surface area contributed by atoms with E-state index in [2.05, 4.69) is 9.69 Å². The molecule has 246 valence electrons. The van der Waals surface area contributed by atoms with Crippen molar-refractivity contribution in [1.82, 2.24) is 0 Å². The third kappa shape index (κ3) is 5.27. The first-order valence-electron chi connectivity index (χ1n) is 15.1. The maximum Gasteiger partial charge on any atom is 0.416 e. The Morgan fingerprint density at radius 1 is 0.569 bits per heavy atom. The van der Waals surface area contributed by atoms with Crippen LogP contribution in [0.3, 0.4) is 0 Å². The number of aryl methyl sites for hydroxylation is 2. The fourth-order valence-electron chi connectivity index (χ4n) is 6.85. The average molecular weight is 701 g/mol. The van der Waals surface area contributed by atoms with Crippen LogP contribution in [0.4, 0.5) is 26.3 Å². The van der Waals surface area contributed by atoms with Gasteiger partial charge in [0.1, 0.15) is 0 Å². The zero-order chi connectivity index (χ0) is 36.6. The van der Waals surface area contributed by atoms with Gasteiger partial charge in [0.25, 0.3) is 11.4 Å². The lowest BCUT2D eigenvalue weighted by atomic mass is 9.93. The minimum atomic E-state index is -5.05. The van der Waals surface area contributed by atoms with Crippen LogP contribution in [0.15, 0.2) is 84.2 Å². The molecular formula is C40H18F6N4S. The molecule has 0 radical (unpaired) electrons. The summed E-state index contributed by atoms with van der Waals surface area (Å²) in [5.74, 6) is 0. The topological polar surface area (TPSA) is 56.3 Å². The molecule has 0 spiro atoms. The van der Waals surface area contributed by atoms with E-state index in [1.807, 2.05) is 62.4 Å². The van der Waals surface area contributed by atoms with E-state index in [-0.39, 0.29) is 34.2 Å². The van der Waals surface area contributed by atoms with E-state index < -0.39 is 23.5 Å². The zero-order valence-electron chi connectivity index (χ0n) is 26.4. The Bertz CT molecular complexity index is 2540. The van der Waals surface area contributed by atoms with E-state index in [0.29, 0.717) is 60.8 Å². The van der Waals surface area contributed by atoms with Gasteiger partial charge in [-0.25, -0.2) is 20.2 Å². The highest BCUT2D eigenvalue weighted by Crippen LogP contribution is 2.62. The van der Waals surface area contributed by atoms with Crippen LogP contribution in [0.1, 0.15) is 43.1 Å². The van der Waals surface area contributed by atoms with Gasteiger partial charge in [-0.15, -0.1) is 11.3 Å². The first kappa shape index (κ1) is 33.1. The Kier molecular flexibility index (Phi) is 7.53. The van der Waals surface area contributed by atoms with Crippen molar-refractivity contribution >= 4 is 22.5 Å². The predicted molar refractivity (Wildman–Crippen MR) is 182 cm³/mol. The summed E-state index contributed by atoms with van der Waals surface area (Å²) in [5, 5.41) is 20.1. The number of nitriles is 2. The maximum atomic E-state index is 13.7. The molecule has 0 N–H and O–H groups in total. The quantitative estimate of drug-likeness (QED) is 0.102. The zero-order valence-corrected chi connectivity index (χ0v) is 27.2. The molecule has 4 nitrogen and oxygen atoms in total. The van der Waals surface area contributed by atoms with Crippen LogP contribution >= 0.6 is 11.3 Å². The summed E-state index contributed by atoms with van der Waals surface area (Å²) in [6.07, 6.45) is -10.1. The smallest absolute Gasteiger partial charge is 0.226 e. The Morgan fingerprint density at radius 3 is 1.35 bits per heavy atom. The van der Waals surface area contributed by atoms with Gasteiger partial charge in [0.05, 0.1) is 36.4 Å². The molecule has 5 aromatic rings. The van der Waals surface area contributed by atoms with E-state index in [1.54, 1.807) is 6.07 Å². The Morgan fingerprint density at radius 2 is 0.980 bits per heavy atom. The normalized spacial score (nSPS) is 14.7. The van der Waals surface area contributed by atoms with E-state index >= 15 is 0 Å². The Labute approximate surface area is 291 Å². The van der Waals surface area contributed by atoms with Crippen LogP contribution in [0.25, 0.3) is 65.3 Å². The number of hydrogen-bond donors (Lipinski definition) is 0. The van der Waals surface area contributed by atoms with Gasteiger partial charge in [-0.1, -0.05) is 53.6 Å². The molecule has 0 unspecified atom stereocenters. The standard InChI is InChI=1S/C40H18F6N4S/c1-19-9-20(2)11-23(10-19)21-5-7-27-29(14-21)33(31(17-47)49-3)37-35(27)36-28-8-6-22(15-30(28)34(38(36)51-37)32(18-48)50-4)24-12-25(39(41,42)43)16-26(13-24)40(44,45)46/h5-16H,1-2H3/b33-31+,34-32-. The van der Waals surface area contributed by atoms with Crippen LogP contribution in [0.2, 0.25) is 0 Å². The van der Waals surface area contributed by atoms with Gasteiger partial charge in [0.2, 0.25) is 0 Å². The van der Waals surface area contributed by atoms with Crippen molar-refractivity contribution in [2.24, 2.45) is 0 Å². The molecule has 1 aromatic heterocycles. The number of thiophene rings is 1. The van der Waals surface area contributed by atoms with Crippen molar-refractivity contribution in [2.75, 3.05) is 0 Å². The van der Waals surface area contributed by atoms with E-state index in [4.69, 9.17) is 13.1 Å². The minimum Gasteiger partial charge on any atom is -0.226 e. The second-order valence-electron chi connectivity index (χ2n) is 12.1. The summed E-state index contributed by atoms with van der Waals surface area (Å²) in [6.45, 7) is 19.5. The molecule has 2 aliphatic rings. The van der Waals surface area contributed by atoms with Crippen molar-refractivity contribution in [1.29, 1.82) is 10.5 Å². The van der Waals surface area contributed by atoms with Gasteiger partial charge in [-0.05, 0) is 88.7 Å². The molecule has 7 rings (SSSR count). The predicted octanol–water partition coefficient (Wildman–Crippen LogP) is 12.1. The molecule has 0 saturated carbocycles. The number of rotatable bonds is 2. The highest BCUT2D eigenvalue weighted by atomic mass is 32.1. The molecular weight excluding hydrogens is 683 g/mol. The van der Waals surface area contributed by atoms with Crippen LogP contribution in [0.5, 0.6) is 0 Å². The van der Waals surface area contributed by atoms with Crippen LogP contribution in [0, 0.1) is 49.7 Å². The fraction of sp³-hybridized carbons (Fsp3) is 0.100. The number of halogens is 6. The summed E-state index contributed by atoms with van der Waals surface area (Å²) in [7, 11) is 0. The second-order valence-corrected chi connectivity index (χ2v) is 13.1.